The summed E-state index contributed by atoms with van der Waals surface area (Å²) in [4.78, 5) is 46.7. The van der Waals surface area contributed by atoms with Gasteiger partial charge in [-0.1, -0.05) is 24.0 Å². The second-order valence-electron chi connectivity index (χ2n) is 17.3. The minimum Gasteiger partial charge on any atom is -0.382 e. The fourth-order valence-electron chi connectivity index (χ4n) is 9.66. The number of nitrogens with zero attached hydrogens (tertiary/aromatic N) is 9. The molecule has 3 amide bonds. The van der Waals surface area contributed by atoms with Gasteiger partial charge in [-0.15, -0.1) is 0 Å². The first-order chi connectivity index (χ1) is 31.5. The molecule has 3 saturated heterocycles. The number of ether oxygens (including phenoxy) is 3. The smallest absolute Gasteiger partial charge is 0.284 e. The minimum atomic E-state index is -2.91. The molecule has 5 aromatic rings. The molecule has 4 aromatic heterocycles. The van der Waals surface area contributed by atoms with Crippen LogP contribution < -0.4 is 15.5 Å². The molecule has 1 aromatic carbocycles. The number of imide groups is 1. The van der Waals surface area contributed by atoms with Crippen LogP contribution >= 0.6 is 0 Å². The highest BCUT2D eigenvalue weighted by Gasteiger charge is 2.34. The average molecular weight is 900 g/mol. The Morgan fingerprint density at radius 2 is 1.92 bits per heavy atom. The highest BCUT2D eigenvalue weighted by atomic mass is 19.3. The molecule has 3 aliphatic heterocycles. The lowest BCUT2D eigenvalue weighted by Gasteiger charge is -2.38. The van der Waals surface area contributed by atoms with Gasteiger partial charge >= 0.3 is 0 Å². The fourth-order valence-corrected chi connectivity index (χ4v) is 9.66. The Morgan fingerprint density at radius 3 is 2.71 bits per heavy atom. The number of benzene rings is 1. The van der Waals surface area contributed by atoms with Gasteiger partial charge < -0.3 is 24.4 Å². The molecule has 65 heavy (non-hydrogen) atoms. The highest BCUT2D eigenvalue weighted by Crippen LogP contribution is 2.36. The lowest BCUT2D eigenvalue weighted by molar-refractivity contribution is -0.134. The molecule has 20 heteroatoms. The van der Waals surface area contributed by atoms with Gasteiger partial charge in [0.1, 0.15) is 24.2 Å². The van der Waals surface area contributed by atoms with E-state index in [9.17, 15) is 23.2 Å². The number of piperidine rings is 2. The number of carbonyl (C=O) groups is 3. The van der Waals surface area contributed by atoms with Gasteiger partial charge in [-0.25, -0.2) is 22.7 Å². The van der Waals surface area contributed by atoms with Crippen molar-refractivity contribution in [3.8, 4) is 11.8 Å². The number of halogens is 3. The topological polar surface area (TPSA) is 175 Å². The number of methoxy groups -OCH3 is 1. The summed E-state index contributed by atoms with van der Waals surface area (Å²) in [5.41, 5.74) is 1.97. The van der Waals surface area contributed by atoms with E-state index in [1.54, 1.807) is 35.8 Å². The minimum absolute atomic E-state index is 0.0554. The molecule has 4 aliphatic rings. The number of alkyl halides is 3. The van der Waals surface area contributed by atoms with Crippen LogP contribution in [0.3, 0.4) is 0 Å². The summed E-state index contributed by atoms with van der Waals surface area (Å²) in [5, 5.41) is 19.0. The van der Waals surface area contributed by atoms with E-state index in [1.165, 1.54) is 16.9 Å². The monoisotopic (exact) mass is 899 g/mol. The molecule has 7 heterocycles. The van der Waals surface area contributed by atoms with Gasteiger partial charge in [0.25, 0.3) is 12.3 Å². The first-order valence-electron chi connectivity index (χ1n) is 22.2. The van der Waals surface area contributed by atoms with Crippen molar-refractivity contribution in [2.45, 2.75) is 81.7 Å². The maximum Gasteiger partial charge on any atom is 0.284 e. The Labute approximate surface area is 372 Å². The summed E-state index contributed by atoms with van der Waals surface area (Å²) in [6.07, 6.45) is 4.01. The Balaban J connectivity index is 0.755. The molecule has 1 saturated carbocycles. The number of fused-ring (bicyclic) bond motifs is 2. The van der Waals surface area contributed by atoms with Crippen molar-refractivity contribution in [2.24, 2.45) is 13.0 Å². The van der Waals surface area contributed by atoms with Crippen LogP contribution in [-0.2, 0) is 30.8 Å². The normalized spacial score (nSPS) is 24.4. The number of carbonyl (C=O) groups excluding carboxylic acids is 3. The molecule has 0 spiro atoms. The Morgan fingerprint density at radius 1 is 1.08 bits per heavy atom. The number of morpholine rings is 1. The van der Waals surface area contributed by atoms with Crippen LogP contribution in [0.4, 0.5) is 24.7 Å². The maximum absolute atomic E-state index is 15.5. The molecule has 1 unspecified atom stereocenters. The lowest BCUT2D eigenvalue weighted by Crippen LogP contribution is -2.47. The summed E-state index contributed by atoms with van der Waals surface area (Å²) >= 11 is 0. The predicted molar refractivity (Wildman–Crippen MR) is 231 cm³/mol. The molecular formula is C45H52F3N11O6. The average Bonchev–Trinajstić information content (AvgIpc) is 4.02. The number of nitrogens with one attached hydrogen (secondary N) is 2. The van der Waals surface area contributed by atoms with Crippen molar-refractivity contribution in [2.75, 3.05) is 69.9 Å². The number of anilines is 2. The van der Waals surface area contributed by atoms with Crippen LogP contribution in [-0.4, -0.2) is 135 Å². The van der Waals surface area contributed by atoms with Crippen molar-refractivity contribution in [1.82, 2.24) is 44.4 Å². The van der Waals surface area contributed by atoms with Crippen LogP contribution in [0.5, 0.6) is 0 Å². The van der Waals surface area contributed by atoms with E-state index in [4.69, 9.17) is 19.2 Å². The number of aryl methyl sites for hydroxylation is 1. The van der Waals surface area contributed by atoms with E-state index < -0.39 is 36.2 Å². The van der Waals surface area contributed by atoms with Gasteiger partial charge in [0.15, 0.2) is 11.3 Å². The third-order valence-electron chi connectivity index (χ3n) is 13.0. The molecule has 4 atom stereocenters. The van der Waals surface area contributed by atoms with Gasteiger partial charge in [-0.3, -0.25) is 34.0 Å². The molecule has 9 rings (SSSR count). The number of hydrogen-bond acceptors (Lipinski definition) is 12. The fraction of sp³-hybridized carbons (Fsp3) is 0.533. The Hall–Kier alpha value is -5.88. The van der Waals surface area contributed by atoms with Crippen LogP contribution in [0.15, 0.2) is 42.9 Å². The van der Waals surface area contributed by atoms with Crippen LogP contribution in [0.2, 0.25) is 0 Å². The molecule has 4 fully saturated rings. The third kappa shape index (κ3) is 9.60. The number of rotatable bonds is 12. The van der Waals surface area contributed by atoms with Crippen molar-refractivity contribution in [1.29, 1.82) is 0 Å². The zero-order valence-electron chi connectivity index (χ0n) is 36.3. The quantitative estimate of drug-likeness (QED) is 0.132. The maximum atomic E-state index is 15.5. The first-order valence-corrected chi connectivity index (χ1v) is 22.2. The standard InChI is InChI=1S/C45H52F3N11O6/c1-55-41-28(5-3-7-31(41)39(53-55)32-12-13-38(60)52-44(32)61)6-4-19-65-36-14-16-56(24-34(36)46)22-27-8-10-29(11-9-27)59-25-35(40(54-59)42(47)48)50-45(62)33-21-49-58-17-15-37(51-43(33)58)57-18-20-64-30(23-57)26-63-2/h3,5,7,15,17,21,25,27,29-30,32,34,36,42H,8-14,16,18-20,22-24,26H2,1-2H3,(H,50,62)(H,52,60,61)/t27?,29?,30-,32?,34+,36-/m1/s1. The van der Waals surface area contributed by atoms with Gasteiger partial charge in [-0.05, 0) is 56.6 Å². The third-order valence-corrected chi connectivity index (χ3v) is 13.0. The molecule has 2 N–H and O–H groups in total. The zero-order valence-corrected chi connectivity index (χ0v) is 36.3. The van der Waals surface area contributed by atoms with E-state index >= 15 is 4.39 Å². The largest absolute Gasteiger partial charge is 0.382 e. The van der Waals surface area contributed by atoms with Gasteiger partial charge in [0, 0.05) is 71.1 Å². The van der Waals surface area contributed by atoms with Crippen LogP contribution in [0.1, 0.15) is 90.6 Å². The summed E-state index contributed by atoms with van der Waals surface area (Å²) in [5.74, 6) is 5.36. The van der Waals surface area contributed by atoms with Gasteiger partial charge in [0.2, 0.25) is 11.8 Å². The Bertz CT molecular complexity index is 2610. The first kappa shape index (κ1) is 44.3. The zero-order chi connectivity index (χ0) is 45.2. The molecule has 17 nitrogen and oxygen atoms in total. The molecule has 344 valence electrons. The molecule has 0 radical (unpaired) electrons. The molecular weight excluding hydrogens is 848 g/mol. The summed E-state index contributed by atoms with van der Waals surface area (Å²) < 4.78 is 65.8. The molecule has 0 bridgehead atoms. The van der Waals surface area contributed by atoms with Crippen molar-refractivity contribution in [3.63, 3.8) is 0 Å². The number of likely N-dealkylation sites (tertiary alicyclic amines) is 1. The summed E-state index contributed by atoms with van der Waals surface area (Å²) in [6, 6.07) is 7.29. The second-order valence-corrected chi connectivity index (χ2v) is 17.3. The van der Waals surface area contributed by atoms with Crippen molar-refractivity contribution >= 4 is 45.8 Å². The van der Waals surface area contributed by atoms with Crippen LogP contribution in [0.25, 0.3) is 16.6 Å². The number of amides is 3. The van der Waals surface area contributed by atoms with Crippen molar-refractivity contribution in [3.05, 3.63) is 65.4 Å². The van der Waals surface area contributed by atoms with E-state index in [-0.39, 0.29) is 54.8 Å². The predicted octanol–water partition coefficient (Wildman–Crippen LogP) is 4.59. The number of aromatic nitrogens is 7. The van der Waals surface area contributed by atoms with E-state index in [0.717, 1.165) is 30.3 Å². The SMILES string of the molecule is COC[C@H]1CN(c2ccn3ncc(C(=O)Nc4cn(C5CCC(CN6CC[C@@H](OCC#Cc7cccc8c(C9CCC(=O)NC9=O)nn(C)c78)[C@@H](F)C6)CC5)nc4C(F)F)c3n2)CCO1. The number of para-hydroxylation sites is 1. The van der Waals surface area contributed by atoms with E-state index in [0.29, 0.717) is 87.2 Å². The highest BCUT2D eigenvalue weighted by molar-refractivity contribution is 6.08. The van der Waals surface area contributed by atoms with Gasteiger partial charge in [0.05, 0.1) is 66.0 Å². The number of hydrogen-bond donors (Lipinski definition) is 2. The van der Waals surface area contributed by atoms with Crippen LogP contribution in [0, 0.1) is 17.8 Å². The van der Waals surface area contributed by atoms with E-state index in [1.807, 2.05) is 23.1 Å². The molecule has 1 aliphatic carbocycles. The lowest BCUT2D eigenvalue weighted by atomic mass is 9.85. The van der Waals surface area contributed by atoms with Crippen molar-refractivity contribution < 1.29 is 41.8 Å². The summed E-state index contributed by atoms with van der Waals surface area (Å²) in [7, 11) is 3.41. The second kappa shape index (κ2) is 19.3. The van der Waals surface area contributed by atoms with Gasteiger partial charge in [-0.2, -0.15) is 15.3 Å². The summed E-state index contributed by atoms with van der Waals surface area (Å²) in [6.45, 7) is 3.82. The van der Waals surface area contributed by atoms with E-state index in [2.05, 4.69) is 42.7 Å². The Kier molecular flexibility index (Phi) is 13.2.